The minimum absolute atomic E-state index is 0.380. The summed E-state index contributed by atoms with van der Waals surface area (Å²) in [5.41, 5.74) is 0.761. The average Bonchev–Trinajstić information content (AvgIpc) is 2.87. The molecule has 0 aromatic carbocycles. The van der Waals surface area contributed by atoms with Gasteiger partial charge < -0.3 is 0 Å². The van der Waals surface area contributed by atoms with Gasteiger partial charge in [0.15, 0.2) is 0 Å². The normalized spacial score (nSPS) is 13.1. The van der Waals surface area contributed by atoms with E-state index in [4.69, 9.17) is 0 Å². The Balaban J connectivity index is 3.07. The maximum Gasteiger partial charge on any atom is 0.0107 e. The highest BCUT2D eigenvalue weighted by Crippen LogP contribution is 2.41. The Morgan fingerprint density at radius 1 is 0.765 bits per heavy atom. The molecule has 17 heavy (non-hydrogen) atoms. The Hall–Kier alpha value is -0.300. The van der Waals surface area contributed by atoms with Gasteiger partial charge in [0, 0.05) is 20.6 Å². The number of hydrogen-bond acceptors (Lipinski definition) is 1. The van der Waals surface area contributed by atoms with Crippen LogP contribution in [0.3, 0.4) is 0 Å². The van der Waals surface area contributed by atoms with Gasteiger partial charge in [-0.25, -0.2) is 0 Å². The van der Waals surface area contributed by atoms with Crippen LogP contribution in [0.2, 0.25) is 0 Å². The smallest absolute Gasteiger partial charge is 0.0107 e. The van der Waals surface area contributed by atoms with Crippen LogP contribution in [0.15, 0.2) is 12.1 Å². The summed E-state index contributed by atoms with van der Waals surface area (Å²) in [4.78, 5) is 3.15. The fourth-order valence-electron chi connectivity index (χ4n) is 2.18. The van der Waals surface area contributed by atoms with Crippen LogP contribution < -0.4 is 0 Å². The van der Waals surface area contributed by atoms with E-state index in [1.807, 2.05) is 11.3 Å². The van der Waals surface area contributed by atoms with Crippen LogP contribution in [0, 0.1) is 0 Å². The second-order valence-electron chi connectivity index (χ2n) is 5.70. The first kappa shape index (κ1) is 14.8. The maximum atomic E-state index is 2.40. The largest absolute Gasteiger partial charge is 0.144 e. The maximum absolute atomic E-state index is 2.40. The Kier molecular flexibility index (Phi) is 4.83. The van der Waals surface area contributed by atoms with Gasteiger partial charge >= 0.3 is 0 Å². The Morgan fingerprint density at radius 2 is 1.06 bits per heavy atom. The van der Waals surface area contributed by atoms with Gasteiger partial charge in [0.1, 0.15) is 0 Å². The van der Waals surface area contributed by atoms with Gasteiger partial charge in [0.05, 0.1) is 0 Å². The lowest BCUT2D eigenvalue weighted by atomic mass is 9.82. The summed E-state index contributed by atoms with van der Waals surface area (Å²) in [6.07, 6.45) is 4.94. The van der Waals surface area contributed by atoms with Crippen LogP contribution in [0.4, 0.5) is 0 Å². The first-order chi connectivity index (χ1) is 7.95. The lowest BCUT2D eigenvalue weighted by Gasteiger charge is -2.27. The highest BCUT2D eigenvalue weighted by atomic mass is 32.1. The molecule has 1 heterocycles. The van der Waals surface area contributed by atoms with E-state index in [0.29, 0.717) is 10.8 Å². The van der Waals surface area contributed by atoms with Crippen molar-refractivity contribution >= 4 is 11.3 Å². The summed E-state index contributed by atoms with van der Waals surface area (Å²) in [7, 11) is 0. The van der Waals surface area contributed by atoms with E-state index in [1.54, 1.807) is 9.75 Å². The molecular formula is C16H28S. The molecule has 0 unspecified atom stereocenters. The summed E-state index contributed by atoms with van der Waals surface area (Å²) in [6, 6.07) is 4.74. The molecule has 1 aromatic rings. The molecule has 0 bridgehead atoms. The van der Waals surface area contributed by atoms with Crippen molar-refractivity contribution in [2.24, 2.45) is 0 Å². The van der Waals surface area contributed by atoms with Gasteiger partial charge in [-0.3, -0.25) is 0 Å². The minimum atomic E-state index is 0.380. The first-order valence-electron chi connectivity index (χ1n) is 7.06. The molecule has 0 spiro atoms. The third-order valence-electron chi connectivity index (χ3n) is 4.92. The third kappa shape index (κ3) is 2.76. The zero-order valence-electron chi connectivity index (χ0n) is 12.4. The summed E-state index contributed by atoms with van der Waals surface area (Å²) in [5.74, 6) is 0. The lowest BCUT2D eigenvalue weighted by Crippen LogP contribution is -2.19. The monoisotopic (exact) mass is 252 g/mol. The van der Waals surface area contributed by atoms with Crippen molar-refractivity contribution in [2.45, 2.75) is 78.1 Å². The van der Waals surface area contributed by atoms with Gasteiger partial charge in [0.25, 0.3) is 0 Å². The van der Waals surface area contributed by atoms with Crippen molar-refractivity contribution in [2.75, 3.05) is 0 Å². The van der Waals surface area contributed by atoms with Crippen LogP contribution in [0.5, 0.6) is 0 Å². The SMILES string of the molecule is CCC(C)(CC)c1ccc(C(C)(CC)CC)s1. The van der Waals surface area contributed by atoms with Crippen LogP contribution in [-0.2, 0) is 10.8 Å². The molecule has 1 heteroatoms. The fourth-order valence-corrected chi connectivity index (χ4v) is 3.76. The summed E-state index contributed by atoms with van der Waals surface area (Å²) in [6.45, 7) is 14.0. The van der Waals surface area contributed by atoms with Crippen molar-refractivity contribution in [3.05, 3.63) is 21.9 Å². The van der Waals surface area contributed by atoms with Crippen LogP contribution in [0.25, 0.3) is 0 Å². The van der Waals surface area contributed by atoms with E-state index in [2.05, 4.69) is 53.7 Å². The van der Waals surface area contributed by atoms with E-state index in [9.17, 15) is 0 Å². The molecule has 0 nitrogen and oxygen atoms in total. The van der Waals surface area contributed by atoms with Crippen molar-refractivity contribution in [3.8, 4) is 0 Å². The predicted molar refractivity (Wildman–Crippen MR) is 80.2 cm³/mol. The second-order valence-corrected chi connectivity index (χ2v) is 6.78. The summed E-state index contributed by atoms with van der Waals surface area (Å²) >= 11 is 2.05. The molecule has 0 aliphatic carbocycles. The van der Waals surface area contributed by atoms with E-state index in [1.165, 1.54) is 25.7 Å². The molecule has 98 valence electrons. The molecule has 0 saturated carbocycles. The van der Waals surface area contributed by atoms with E-state index < -0.39 is 0 Å². The predicted octanol–water partition coefficient (Wildman–Crippen LogP) is 5.90. The molecule has 0 aliphatic rings. The van der Waals surface area contributed by atoms with Crippen molar-refractivity contribution < 1.29 is 0 Å². The summed E-state index contributed by atoms with van der Waals surface area (Å²) in [5, 5.41) is 0. The molecule has 0 atom stereocenters. The van der Waals surface area contributed by atoms with Crippen LogP contribution in [0.1, 0.15) is 77.0 Å². The second kappa shape index (κ2) is 5.56. The van der Waals surface area contributed by atoms with E-state index >= 15 is 0 Å². The number of rotatable bonds is 6. The molecule has 0 amide bonds. The van der Waals surface area contributed by atoms with Gasteiger partial charge in [0.2, 0.25) is 0 Å². The zero-order chi connectivity index (χ0) is 13.1. The molecule has 1 rings (SSSR count). The Labute approximate surface area is 111 Å². The lowest BCUT2D eigenvalue weighted by molar-refractivity contribution is 0.446. The van der Waals surface area contributed by atoms with Crippen molar-refractivity contribution in [1.82, 2.24) is 0 Å². The highest BCUT2D eigenvalue weighted by molar-refractivity contribution is 7.12. The Morgan fingerprint density at radius 3 is 1.29 bits per heavy atom. The summed E-state index contributed by atoms with van der Waals surface area (Å²) < 4.78 is 0. The number of thiophene rings is 1. The van der Waals surface area contributed by atoms with Gasteiger partial charge in [-0.1, -0.05) is 41.5 Å². The molecular weight excluding hydrogens is 224 g/mol. The van der Waals surface area contributed by atoms with Gasteiger partial charge in [-0.05, 0) is 37.8 Å². The topological polar surface area (TPSA) is 0 Å². The van der Waals surface area contributed by atoms with Gasteiger partial charge in [-0.2, -0.15) is 0 Å². The molecule has 0 saturated heterocycles. The Bertz CT molecular complexity index is 308. The zero-order valence-corrected chi connectivity index (χ0v) is 13.2. The molecule has 0 radical (unpaired) electrons. The third-order valence-corrected chi connectivity index (χ3v) is 6.61. The highest BCUT2D eigenvalue weighted by Gasteiger charge is 2.29. The minimum Gasteiger partial charge on any atom is -0.144 e. The molecule has 0 fully saturated rings. The number of hydrogen-bond donors (Lipinski definition) is 0. The molecule has 0 aliphatic heterocycles. The van der Waals surface area contributed by atoms with Crippen molar-refractivity contribution in [3.63, 3.8) is 0 Å². The quantitative estimate of drug-likeness (QED) is 0.591. The van der Waals surface area contributed by atoms with Crippen LogP contribution >= 0.6 is 11.3 Å². The van der Waals surface area contributed by atoms with E-state index in [-0.39, 0.29) is 0 Å². The molecule has 0 N–H and O–H groups in total. The average molecular weight is 252 g/mol. The van der Waals surface area contributed by atoms with Crippen molar-refractivity contribution in [1.29, 1.82) is 0 Å². The van der Waals surface area contributed by atoms with Gasteiger partial charge in [-0.15, -0.1) is 11.3 Å². The van der Waals surface area contributed by atoms with Crippen LogP contribution in [-0.4, -0.2) is 0 Å². The molecule has 1 aromatic heterocycles. The first-order valence-corrected chi connectivity index (χ1v) is 7.88. The standard InChI is InChI=1S/C16H28S/c1-7-15(5,8-2)13-11-12-14(17-13)16(6,9-3)10-4/h11-12H,7-10H2,1-6H3. The fraction of sp³-hybridized carbons (Fsp3) is 0.750. The van der Waals surface area contributed by atoms with E-state index in [0.717, 1.165) is 0 Å².